The highest BCUT2D eigenvalue weighted by atomic mass is 32.1. The molecule has 0 amide bonds. The Bertz CT molecular complexity index is 100. The van der Waals surface area contributed by atoms with Gasteiger partial charge in [0.2, 0.25) is 0 Å². The maximum absolute atomic E-state index is 5.75. The van der Waals surface area contributed by atoms with Gasteiger partial charge < -0.3 is 4.74 Å². The van der Waals surface area contributed by atoms with Crippen LogP contribution in [-0.2, 0) is 4.74 Å². The number of hydrogen-bond acceptors (Lipinski definition) is 2. The first kappa shape index (κ1) is 10.4. The molecule has 0 bridgehead atoms. The Hall–Kier alpha value is 0.310. The topological polar surface area (TPSA) is 9.23 Å². The summed E-state index contributed by atoms with van der Waals surface area (Å²) in [6.07, 6.45) is 9.70. The molecule has 0 radical (unpaired) electrons. The lowest BCUT2D eigenvalue weighted by Crippen LogP contribution is -2.17. The van der Waals surface area contributed by atoms with Crippen LogP contribution >= 0.6 is 12.6 Å². The van der Waals surface area contributed by atoms with E-state index in [2.05, 4.69) is 12.6 Å². The maximum Gasteiger partial charge on any atom is 0.0575 e. The summed E-state index contributed by atoms with van der Waals surface area (Å²) in [7, 11) is 0. The molecule has 0 unspecified atom stereocenters. The number of thiol groups is 1. The molecule has 0 aromatic heterocycles. The third kappa shape index (κ3) is 4.36. The zero-order valence-corrected chi connectivity index (χ0v) is 8.69. The van der Waals surface area contributed by atoms with Gasteiger partial charge in [-0.25, -0.2) is 0 Å². The molecule has 1 nitrogen and oxygen atoms in total. The van der Waals surface area contributed by atoms with Crippen LogP contribution in [0.2, 0.25) is 0 Å². The van der Waals surface area contributed by atoms with Gasteiger partial charge in [0.05, 0.1) is 6.10 Å². The molecule has 0 spiro atoms. The molecule has 1 fully saturated rings. The summed E-state index contributed by atoms with van der Waals surface area (Å²) in [5.74, 6) is 0.994. The van der Waals surface area contributed by atoms with Crippen LogP contribution in [0.15, 0.2) is 0 Å². The average molecular weight is 188 g/mol. The van der Waals surface area contributed by atoms with Gasteiger partial charge in [0, 0.05) is 6.61 Å². The van der Waals surface area contributed by atoms with Crippen LogP contribution in [0.5, 0.6) is 0 Å². The second-order valence-corrected chi connectivity index (χ2v) is 4.01. The number of ether oxygens (including phenoxy) is 1. The monoisotopic (exact) mass is 188 g/mol. The Morgan fingerprint density at radius 3 is 2.50 bits per heavy atom. The van der Waals surface area contributed by atoms with Gasteiger partial charge >= 0.3 is 0 Å². The molecule has 0 aliphatic heterocycles. The number of unbranched alkanes of at least 4 members (excludes halogenated alkanes) is 1. The van der Waals surface area contributed by atoms with Crippen molar-refractivity contribution < 1.29 is 4.74 Å². The SMILES string of the molecule is SCCCCOC1CCCCC1. The molecular weight excluding hydrogens is 168 g/mol. The van der Waals surface area contributed by atoms with Gasteiger partial charge in [-0.05, 0) is 31.4 Å². The summed E-state index contributed by atoms with van der Waals surface area (Å²) in [4.78, 5) is 0. The molecule has 1 saturated carbocycles. The van der Waals surface area contributed by atoms with E-state index in [0.717, 1.165) is 12.4 Å². The van der Waals surface area contributed by atoms with Gasteiger partial charge in [-0.1, -0.05) is 19.3 Å². The third-order valence-electron chi connectivity index (χ3n) is 2.46. The molecule has 0 aromatic rings. The quantitative estimate of drug-likeness (QED) is 0.515. The molecule has 72 valence electrons. The van der Waals surface area contributed by atoms with E-state index in [-0.39, 0.29) is 0 Å². The van der Waals surface area contributed by atoms with E-state index in [0.29, 0.717) is 6.10 Å². The smallest absolute Gasteiger partial charge is 0.0575 e. The second kappa shape index (κ2) is 6.79. The third-order valence-corrected chi connectivity index (χ3v) is 2.77. The first-order valence-corrected chi connectivity index (χ1v) is 5.79. The summed E-state index contributed by atoms with van der Waals surface area (Å²) in [5, 5.41) is 0. The minimum Gasteiger partial charge on any atom is -0.378 e. The van der Waals surface area contributed by atoms with Crippen molar-refractivity contribution in [3.8, 4) is 0 Å². The first-order chi connectivity index (χ1) is 5.93. The molecule has 0 heterocycles. The predicted octanol–water partition coefficient (Wildman–Crippen LogP) is 3.05. The van der Waals surface area contributed by atoms with Crippen molar-refractivity contribution in [3.63, 3.8) is 0 Å². The molecular formula is C10H20OS. The Morgan fingerprint density at radius 2 is 1.83 bits per heavy atom. The lowest BCUT2D eigenvalue weighted by atomic mass is 9.98. The fourth-order valence-corrected chi connectivity index (χ4v) is 1.92. The zero-order chi connectivity index (χ0) is 8.65. The zero-order valence-electron chi connectivity index (χ0n) is 7.80. The van der Waals surface area contributed by atoms with Crippen LogP contribution < -0.4 is 0 Å². The normalized spacial score (nSPS) is 19.8. The van der Waals surface area contributed by atoms with E-state index in [9.17, 15) is 0 Å². The van der Waals surface area contributed by atoms with Crippen LogP contribution in [0, 0.1) is 0 Å². The van der Waals surface area contributed by atoms with Gasteiger partial charge in [-0.15, -0.1) is 0 Å². The highest BCUT2D eigenvalue weighted by molar-refractivity contribution is 7.80. The van der Waals surface area contributed by atoms with Crippen molar-refractivity contribution in [2.24, 2.45) is 0 Å². The summed E-state index contributed by atoms with van der Waals surface area (Å²) in [6, 6.07) is 0. The standard InChI is InChI=1S/C10H20OS/c12-9-5-4-8-11-10-6-2-1-3-7-10/h10,12H,1-9H2. The van der Waals surface area contributed by atoms with Crippen molar-refractivity contribution >= 4 is 12.6 Å². The highest BCUT2D eigenvalue weighted by Crippen LogP contribution is 2.20. The second-order valence-electron chi connectivity index (χ2n) is 3.56. The molecule has 0 N–H and O–H groups in total. The Labute approximate surface area is 81.3 Å². The van der Waals surface area contributed by atoms with Gasteiger partial charge in [0.25, 0.3) is 0 Å². The van der Waals surface area contributed by atoms with Gasteiger partial charge in [-0.3, -0.25) is 0 Å². The summed E-state index contributed by atoms with van der Waals surface area (Å²) >= 11 is 4.17. The molecule has 0 saturated heterocycles. The van der Waals surface area contributed by atoms with Crippen molar-refractivity contribution in [1.82, 2.24) is 0 Å². The lowest BCUT2D eigenvalue weighted by Gasteiger charge is -2.21. The Morgan fingerprint density at radius 1 is 1.08 bits per heavy atom. The first-order valence-electron chi connectivity index (χ1n) is 5.16. The van der Waals surface area contributed by atoms with E-state index >= 15 is 0 Å². The maximum atomic E-state index is 5.75. The molecule has 2 heteroatoms. The minimum atomic E-state index is 0.582. The summed E-state index contributed by atoms with van der Waals surface area (Å²) < 4.78 is 5.75. The van der Waals surface area contributed by atoms with E-state index < -0.39 is 0 Å². The largest absolute Gasteiger partial charge is 0.378 e. The molecule has 0 aromatic carbocycles. The van der Waals surface area contributed by atoms with E-state index in [1.807, 2.05) is 0 Å². The van der Waals surface area contributed by atoms with Crippen molar-refractivity contribution in [2.45, 2.75) is 51.0 Å². The van der Waals surface area contributed by atoms with Crippen molar-refractivity contribution in [1.29, 1.82) is 0 Å². The highest BCUT2D eigenvalue weighted by Gasteiger charge is 2.12. The van der Waals surface area contributed by atoms with E-state index in [4.69, 9.17) is 4.74 Å². The van der Waals surface area contributed by atoms with Gasteiger partial charge in [0.15, 0.2) is 0 Å². The van der Waals surface area contributed by atoms with E-state index in [1.54, 1.807) is 0 Å². The van der Waals surface area contributed by atoms with Crippen molar-refractivity contribution in [2.75, 3.05) is 12.4 Å². The average Bonchev–Trinajstić information content (AvgIpc) is 2.14. The molecule has 1 aliphatic carbocycles. The van der Waals surface area contributed by atoms with Crippen LogP contribution in [0.3, 0.4) is 0 Å². The number of hydrogen-bond donors (Lipinski definition) is 1. The van der Waals surface area contributed by atoms with E-state index in [1.165, 1.54) is 44.9 Å². The van der Waals surface area contributed by atoms with Crippen molar-refractivity contribution in [3.05, 3.63) is 0 Å². The van der Waals surface area contributed by atoms with Gasteiger partial charge in [0.1, 0.15) is 0 Å². The number of rotatable bonds is 5. The summed E-state index contributed by atoms with van der Waals surface area (Å²) in [6.45, 7) is 0.950. The fraction of sp³-hybridized carbons (Fsp3) is 1.00. The minimum absolute atomic E-state index is 0.582. The van der Waals surface area contributed by atoms with Crippen LogP contribution in [-0.4, -0.2) is 18.5 Å². The van der Waals surface area contributed by atoms with Gasteiger partial charge in [-0.2, -0.15) is 12.6 Å². The Kier molecular flexibility index (Phi) is 5.88. The summed E-state index contributed by atoms with van der Waals surface area (Å²) in [5.41, 5.74) is 0. The van der Waals surface area contributed by atoms with Crippen LogP contribution in [0.4, 0.5) is 0 Å². The molecule has 1 aliphatic rings. The van der Waals surface area contributed by atoms with Crippen LogP contribution in [0.25, 0.3) is 0 Å². The lowest BCUT2D eigenvalue weighted by molar-refractivity contribution is 0.0270. The fourth-order valence-electron chi connectivity index (χ4n) is 1.70. The molecule has 1 rings (SSSR count). The Balaban J connectivity index is 1.91. The molecule has 0 atom stereocenters. The van der Waals surface area contributed by atoms with Crippen LogP contribution in [0.1, 0.15) is 44.9 Å². The predicted molar refractivity (Wildman–Crippen MR) is 55.9 cm³/mol. The molecule has 12 heavy (non-hydrogen) atoms.